The number of halogens is 2. The Morgan fingerprint density at radius 2 is 2.14 bits per heavy atom. The Morgan fingerprint density at radius 3 is 2.82 bits per heavy atom. The maximum atomic E-state index is 11.7. The molecule has 0 bridgehead atoms. The molecule has 2 aromatic heterocycles. The summed E-state index contributed by atoms with van der Waals surface area (Å²) in [7, 11) is 0. The van der Waals surface area contributed by atoms with Crippen LogP contribution in [0, 0.1) is 0 Å². The van der Waals surface area contributed by atoms with Crippen molar-refractivity contribution in [2.45, 2.75) is 13.1 Å². The Kier molecular flexibility index (Phi) is 5.18. The lowest BCUT2D eigenvalue weighted by Gasteiger charge is -2.07. The largest absolute Gasteiger partial charge is 0.467 e. The molecule has 0 unspecified atom stereocenters. The van der Waals surface area contributed by atoms with Gasteiger partial charge in [0.2, 0.25) is 5.91 Å². The van der Waals surface area contributed by atoms with E-state index in [0.29, 0.717) is 5.76 Å². The van der Waals surface area contributed by atoms with Crippen LogP contribution in [0.25, 0.3) is 0 Å². The van der Waals surface area contributed by atoms with E-state index in [1.807, 2.05) is 5.32 Å². The number of nitrogens with one attached hydrogen (secondary N) is 2. The van der Waals surface area contributed by atoms with Crippen molar-refractivity contribution in [1.29, 1.82) is 0 Å². The Balaban J connectivity index is 1.89. The minimum atomic E-state index is -0.732. The number of imide groups is 1. The second-order valence-corrected chi connectivity index (χ2v) is 4.86. The van der Waals surface area contributed by atoms with E-state index in [1.165, 1.54) is 6.26 Å². The molecule has 0 saturated heterocycles. The van der Waals surface area contributed by atoms with Gasteiger partial charge in [-0.1, -0.05) is 23.2 Å². The highest BCUT2D eigenvalue weighted by Crippen LogP contribution is 2.14. The highest BCUT2D eigenvalue weighted by atomic mass is 35.5. The number of hydrogen-bond acceptors (Lipinski definition) is 5. The summed E-state index contributed by atoms with van der Waals surface area (Å²) in [5, 5.41) is 7.86. The van der Waals surface area contributed by atoms with Gasteiger partial charge >= 0.3 is 6.03 Å². The van der Waals surface area contributed by atoms with Crippen LogP contribution in [0.2, 0.25) is 10.0 Å². The fraction of sp³-hybridized carbons (Fsp3) is 0.167. The Labute approximate surface area is 134 Å². The topological polar surface area (TPSA) is 106 Å². The molecular weight excluding hydrogens is 335 g/mol. The molecule has 0 saturated carbocycles. The lowest BCUT2D eigenvalue weighted by Crippen LogP contribution is -2.42. The van der Waals surface area contributed by atoms with Crippen molar-refractivity contribution >= 4 is 35.1 Å². The molecule has 0 aromatic carbocycles. The van der Waals surface area contributed by atoms with E-state index in [2.05, 4.69) is 10.4 Å². The van der Waals surface area contributed by atoms with Crippen molar-refractivity contribution in [1.82, 2.24) is 20.4 Å². The summed E-state index contributed by atoms with van der Waals surface area (Å²) >= 11 is 11.3. The second kappa shape index (κ2) is 7.10. The molecule has 10 heteroatoms. The summed E-state index contributed by atoms with van der Waals surface area (Å²) in [6, 6.07) is 2.61. The molecule has 2 heterocycles. The van der Waals surface area contributed by atoms with Crippen LogP contribution < -0.4 is 16.2 Å². The third kappa shape index (κ3) is 4.09. The Bertz CT molecular complexity index is 742. The van der Waals surface area contributed by atoms with Gasteiger partial charge < -0.3 is 9.73 Å². The van der Waals surface area contributed by atoms with Crippen molar-refractivity contribution < 1.29 is 14.0 Å². The zero-order valence-electron chi connectivity index (χ0n) is 11.0. The highest BCUT2D eigenvalue weighted by Gasteiger charge is 2.13. The monoisotopic (exact) mass is 344 g/mol. The number of amides is 3. The molecule has 0 radical (unpaired) electrons. The molecule has 0 aliphatic rings. The minimum absolute atomic E-state index is 0.0143. The van der Waals surface area contributed by atoms with Crippen LogP contribution in [0.3, 0.4) is 0 Å². The second-order valence-electron chi connectivity index (χ2n) is 4.08. The highest BCUT2D eigenvalue weighted by molar-refractivity contribution is 6.41. The first-order valence-electron chi connectivity index (χ1n) is 5.98. The number of furan rings is 1. The number of carbonyl (C=O) groups excluding carboxylic acids is 2. The number of carbonyl (C=O) groups is 2. The number of urea groups is 1. The van der Waals surface area contributed by atoms with E-state index >= 15 is 0 Å². The van der Waals surface area contributed by atoms with Gasteiger partial charge in [-0.2, -0.15) is 5.10 Å². The predicted molar refractivity (Wildman–Crippen MR) is 77.6 cm³/mol. The van der Waals surface area contributed by atoms with E-state index in [1.54, 1.807) is 12.1 Å². The minimum Gasteiger partial charge on any atom is -0.467 e. The van der Waals surface area contributed by atoms with Gasteiger partial charge in [-0.05, 0) is 12.1 Å². The first-order chi connectivity index (χ1) is 10.5. The van der Waals surface area contributed by atoms with Crippen molar-refractivity contribution in [3.63, 3.8) is 0 Å². The smallest absolute Gasteiger partial charge is 0.321 e. The van der Waals surface area contributed by atoms with E-state index in [4.69, 9.17) is 27.6 Å². The van der Waals surface area contributed by atoms with E-state index in [-0.39, 0.29) is 16.6 Å². The molecule has 3 amide bonds. The van der Waals surface area contributed by atoms with Crippen LogP contribution in [0.5, 0.6) is 0 Å². The van der Waals surface area contributed by atoms with Gasteiger partial charge in [-0.25, -0.2) is 9.48 Å². The molecule has 0 fully saturated rings. The summed E-state index contributed by atoms with van der Waals surface area (Å²) in [5.41, 5.74) is -0.722. The molecule has 116 valence electrons. The Hall–Kier alpha value is -2.32. The predicted octanol–water partition coefficient (Wildman–Crippen LogP) is 1.17. The van der Waals surface area contributed by atoms with Crippen LogP contribution >= 0.6 is 23.2 Å². The maximum Gasteiger partial charge on any atom is 0.321 e. The van der Waals surface area contributed by atoms with Gasteiger partial charge in [-0.15, -0.1) is 0 Å². The summed E-state index contributed by atoms with van der Waals surface area (Å²) in [6.45, 7) is -0.346. The average molecular weight is 345 g/mol. The zero-order valence-corrected chi connectivity index (χ0v) is 12.5. The Morgan fingerprint density at radius 1 is 1.36 bits per heavy atom. The third-order valence-electron chi connectivity index (χ3n) is 2.49. The SMILES string of the molecule is O=C(Cn1ncc(Cl)c(Cl)c1=O)NC(=O)NCc1ccco1. The average Bonchev–Trinajstić information content (AvgIpc) is 2.99. The summed E-state index contributed by atoms with van der Waals surface area (Å²) in [5.74, 6) is -0.199. The van der Waals surface area contributed by atoms with Crippen molar-refractivity contribution in [3.8, 4) is 0 Å². The lowest BCUT2D eigenvalue weighted by atomic mass is 10.4. The van der Waals surface area contributed by atoms with E-state index < -0.39 is 24.0 Å². The molecule has 0 aliphatic heterocycles. The number of hydrogen-bond donors (Lipinski definition) is 2. The zero-order chi connectivity index (χ0) is 16.1. The van der Waals surface area contributed by atoms with Crippen LogP contribution in [0.1, 0.15) is 5.76 Å². The van der Waals surface area contributed by atoms with Crippen molar-refractivity contribution in [2.24, 2.45) is 0 Å². The molecule has 22 heavy (non-hydrogen) atoms. The molecule has 0 atom stereocenters. The van der Waals surface area contributed by atoms with Gasteiger partial charge in [0.25, 0.3) is 5.56 Å². The normalized spacial score (nSPS) is 10.3. The number of aromatic nitrogens is 2. The molecule has 2 N–H and O–H groups in total. The molecule has 2 rings (SSSR count). The van der Waals surface area contributed by atoms with Crippen LogP contribution in [0.4, 0.5) is 4.79 Å². The summed E-state index contributed by atoms with van der Waals surface area (Å²) in [4.78, 5) is 34.8. The molecule has 0 spiro atoms. The molecular formula is C12H10Cl2N4O4. The van der Waals surface area contributed by atoms with E-state index in [9.17, 15) is 14.4 Å². The third-order valence-corrected chi connectivity index (χ3v) is 3.24. The first-order valence-corrected chi connectivity index (χ1v) is 6.74. The number of rotatable bonds is 4. The molecule has 8 nitrogen and oxygen atoms in total. The van der Waals surface area contributed by atoms with Gasteiger partial charge in [-0.3, -0.25) is 14.9 Å². The van der Waals surface area contributed by atoms with Gasteiger partial charge in [0.05, 0.1) is 24.0 Å². The van der Waals surface area contributed by atoms with E-state index in [0.717, 1.165) is 10.9 Å². The van der Waals surface area contributed by atoms with Crippen molar-refractivity contribution in [3.05, 3.63) is 50.8 Å². The quantitative estimate of drug-likeness (QED) is 0.865. The first kappa shape index (κ1) is 16.1. The molecule has 0 aliphatic carbocycles. The van der Waals surface area contributed by atoms with Gasteiger partial charge in [0.15, 0.2) is 0 Å². The molecule has 2 aromatic rings. The fourth-order valence-corrected chi connectivity index (χ4v) is 1.76. The summed E-state index contributed by atoms with van der Waals surface area (Å²) in [6.07, 6.45) is 2.60. The van der Waals surface area contributed by atoms with Crippen LogP contribution in [-0.4, -0.2) is 21.7 Å². The summed E-state index contributed by atoms with van der Waals surface area (Å²) < 4.78 is 5.81. The van der Waals surface area contributed by atoms with Gasteiger partial charge in [0, 0.05) is 0 Å². The fourth-order valence-electron chi connectivity index (χ4n) is 1.48. The maximum absolute atomic E-state index is 11.7. The van der Waals surface area contributed by atoms with Crippen LogP contribution in [0.15, 0.2) is 33.8 Å². The van der Waals surface area contributed by atoms with Gasteiger partial charge in [0.1, 0.15) is 17.3 Å². The number of nitrogens with zero attached hydrogens (tertiary/aromatic N) is 2. The lowest BCUT2D eigenvalue weighted by molar-refractivity contribution is -0.120. The van der Waals surface area contributed by atoms with Crippen LogP contribution in [-0.2, 0) is 17.9 Å². The standard InChI is InChI=1S/C12H10Cl2N4O4/c13-8-5-16-18(11(20)10(8)14)6-9(19)17-12(21)15-4-7-2-1-3-22-7/h1-3,5H,4,6H2,(H2,15,17,19,21). The van der Waals surface area contributed by atoms with Crippen molar-refractivity contribution in [2.75, 3.05) is 0 Å².